The summed E-state index contributed by atoms with van der Waals surface area (Å²) in [6, 6.07) is 6.40. The second-order valence-corrected chi connectivity index (χ2v) is 6.13. The van der Waals surface area contributed by atoms with Crippen molar-refractivity contribution in [1.29, 1.82) is 0 Å². The van der Waals surface area contributed by atoms with E-state index in [4.69, 9.17) is 4.74 Å². The first kappa shape index (κ1) is 16.7. The SMILES string of the molecule is CC(Oc1ccccc1F)C(=O)N1CCCCC1CN(C)C. The van der Waals surface area contributed by atoms with E-state index in [0.717, 1.165) is 32.4 Å². The molecule has 0 aliphatic carbocycles. The fraction of sp³-hybridized carbons (Fsp3) is 0.588. The highest BCUT2D eigenvalue weighted by Crippen LogP contribution is 2.21. The lowest BCUT2D eigenvalue weighted by molar-refractivity contribution is -0.142. The van der Waals surface area contributed by atoms with E-state index in [1.165, 1.54) is 6.07 Å². The van der Waals surface area contributed by atoms with Crippen LogP contribution in [0.25, 0.3) is 0 Å². The number of amides is 1. The Morgan fingerprint density at radius 3 is 2.82 bits per heavy atom. The number of hydrogen-bond acceptors (Lipinski definition) is 3. The molecule has 1 amide bonds. The molecule has 122 valence electrons. The zero-order valence-electron chi connectivity index (χ0n) is 13.6. The zero-order chi connectivity index (χ0) is 16.1. The standard InChI is InChI=1S/C17H25FN2O2/c1-13(22-16-10-5-4-9-15(16)18)17(21)20-11-7-6-8-14(20)12-19(2)3/h4-5,9-10,13-14H,6-8,11-12H2,1-3H3. The number of likely N-dealkylation sites (N-methyl/N-ethyl adjacent to an activating group) is 1. The van der Waals surface area contributed by atoms with E-state index >= 15 is 0 Å². The topological polar surface area (TPSA) is 32.8 Å². The minimum atomic E-state index is -0.681. The molecule has 0 aromatic heterocycles. The zero-order valence-corrected chi connectivity index (χ0v) is 13.6. The molecular formula is C17H25FN2O2. The lowest BCUT2D eigenvalue weighted by Gasteiger charge is -2.38. The van der Waals surface area contributed by atoms with Crippen molar-refractivity contribution >= 4 is 5.91 Å². The monoisotopic (exact) mass is 308 g/mol. The normalized spacial score (nSPS) is 20.0. The molecule has 0 radical (unpaired) electrons. The van der Waals surface area contributed by atoms with Crippen LogP contribution in [0.4, 0.5) is 4.39 Å². The van der Waals surface area contributed by atoms with Gasteiger partial charge in [-0.25, -0.2) is 4.39 Å². The molecule has 2 rings (SSSR count). The predicted molar refractivity (Wildman–Crippen MR) is 84.4 cm³/mol. The second kappa shape index (κ2) is 7.58. The van der Waals surface area contributed by atoms with Crippen molar-refractivity contribution in [1.82, 2.24) is 9.80 Å². The average Bonchev–Trinajstić information content (AvgIpc) is 2.49. The highest BCUT2D eigenvalue weighted by Gasteiger charge is 2.31. The minimum absolute atomic E-state index is 0.0604. The van der Waals surface area contributed by atoms with Crippen LogP contribution in [0.5, 0.6) is 5.75 Å². The molecule has 1 aromatic carbocycles. The van der Waals surface area contributed by atoms with Crippen molar-refractivity contribution in [3.05, 3.63) is 30.1 Å². The lowest BCUT2D eigenvalue weighted by atomic mass is 10.0. The van der Waals surface area contributed by atoms with Crippen LogP contribution in [-0.2, 0) is 4.79 Å². The van der Waals surface area contributed by atoms with E-state index in [1.54, 1.807) is 25.1 Å². The Morgan fingerprint density at radius 2 is 2.14 bits per heavy atom. The average molecular weight is 308 g/mol. The molecule has 0 saturated carbocycles. The summed E-state index contributed by atoms with van der Waals surface area (Å²) < 4.78 is 19.2. The van der Waals surface area contributed by atoms with Gasteiger partial charge in [0, 0.05) is 19.1 Å². The Bertz CT molecular complexity index is 507. The van der Waals surface area contributed by atoms with Crippen LogP contribution >= 0.6 is 0 Å². The molecule has 1 aromatic rings. The Balaban J connectivity index is 2.03. The van der Waals surface area contributed by atoms with Crippen molar-refractivity contribution < 1.29 is 13.9 Å². The first-order valence-corrected chi connectivity index (χ1v) is 7.85. The van der Waals surface area contributed by atoms with Gasteiger partial charge < -0.3 is 14.5 Å². The number of carbonyl (C=O) groups is 1. The number of likely N-dealkylation sites (tertiary alicyclic amines) is 1. The third kappa shape index (κ3) is 4.19. The summed E-state index contributed by atoms with van der Waals surface area (Å²) in [6.45, 7) is 3.29. The summed E-state index contributed by atoms with van der Waals surface area (Å²) in [6.07, 6.45) is 2.49. The number of para-hydroxylation sites is 1. The van der Waals surface area contributed by atoms with Gasteiger partial charge in [-0.3, -0.25) is 4.79 Å². The van der Waals surface area contributed by atoms with Crippen molar-refractivity contribution in [2.24, 2.45) is 0 Å². The van der Waals surface area contributed by atoms with Gasteiger partial charge in [0.1, 0.15) is 0 Å². The smallest absolute Gasteiger partial charge is 0.263 e. The number of carbonyl (C=O) groups excluding carboxylic acids is 1. The number of ether oxygens (including phenoxy) is 1. The summed E-state index contributed by atoms with van der Waals surface area (Å²) in [5.41, 5.74) is 0. The van der Waals surface area contributed by atoms with E-state index in [2.05, 4.69) is 4.90 Å². The summed E-state index contributed by atoms with van der Waals surface area (Å²) >= 11 is 0. The van der Waals surface area contributed by atoms with Gasteiger partial charge in [-0.2, -0.15) is 0 Å². The minimum Gasteiger partial charge on any atom is -0.478 e. The van der Waals surface area contributed by atoms with Crippen molar-refractivity contribution in [3.63, 3.8) is 0 Å². The first-order valence-electron chi connectivity index (χ1n) is 7.85. The number of piperidine rings is 1. The fourth-order valence-corrected chi connectivity index (χ4v) is 2.92. The molecule has 1 heterocycles. The quantitative estimate of drug-likeness (QED) is 0.838. The molecule has 0 bridgehead atoms. The van der Waals surface area contributed by atoms with Crippen LogP contribution < -0.4 is 4.74 Å². The third-order valence-electron chi connectivity index (χ3n) is 3.97. The number of hydrogen-bond donors (Lipinski definition) is 0. The number of nitrogens with zero attached hydrogens (tertiary/aromatic N) is 2. The molecule has 0 spiro atoms. The first-order chi connectivity index (χ1) is 10.5. The number of halogens is 1. The van der Waals surface area contributed by atoms with Crippen LogP contribution in [0.2, 0.25) is 0 Å². The highest BCUT2D eigenvalue weighted by molar-refractivity contribution is 5.81. The molecular weight excluding hydrogens is 283 g/mol. The largest absolute Gasteiger partial charge is 0.478 e. The van der Waals surface area contributed by atoms with Gasteiger partial charge in [0.15, 0.2) is 17.7 Å². The molecule has 22 heavy (non-hydrogen) atoms. The summed E-state index contributed by atoms with van der Waals surface area (Å²) in [7, 11) is 4.02. The van der Waals surface area contributed by atoms with Crippen molar-refractivity contribution in [2.75, 3.05) is 27.2 Å². The molecule has 4 nitrogen and oxygen atoms in total. The molecule has 0 N–H and O–H groups in total. The molecule has 1 aliphatic rings. The summed E-state index contributed by atoms with van der Waals surface area (Å²) in [5.74, 6) is -0.370. The second-order valence-electron chi connectivity index (χ2n) is 6.13. The third-order valence-corrected chi connectivity index (χ3v) is 3.97. The van der Waals surface area contributed by atoms with Gasteiger partial charge in [0.05, 0.1) is 0 Å². The summed E-state index contributed by atoms with van der Waals surface area (Å²) in [5, 5.41) is 0. The molecule has 2 unspecified atom stereocenters. The van der Waals surface area contributed by atoms with E-state index < -0.39 is 11.9 Å². The number of rotatable bonds is 5. The van der Waals surface area contributed by atoms with E-state index in [-0.39, 0.29) is 17.7 Å². The van der Waals surface area contributed by atoms with E-state index in [9.17, 15) is 9.18 Å². The van der Waals surface area contributed by atoms with Crippen LogP contribution in [0.1, 0.15) is 26.2 Å². The van der Waals surface area contributed by atoms with Crippen molar-refractivity contribution in [3.8, 4) is 5.75 Å². The van der Waals surface area contributed by atoms with Gasteiger partial charge >= 0.3 is 0 Å². The lowest BCUT2D eigenvalue weighted by Crippen LogP contribution is -2.52. The Kier molecular flexibility index (Phi) is 5.77. The Labute approximate surface area is 131 Å². The molecule has 5 heteroatoms. The Hall–Kier alpha value is -1.62. The number of benzene rings is 1. The van der Waals surface area contributed by atoms with Gasteiger partial charge in [-0.05, 0) is 52.4 Å². The van der Waals surface area contributed by atoms with Crippen LogP contribution in [0, 0.1) is 5.82 Å². The van der Waals surface area contributed by atoms with Crippen LogP contribution in [-0.4, -0.2) is 55.0 Å². The van der Waals surface area contributed by atoms with Gasteiger partial charge in [-0.1, -0.05) is 12.1 Å². The van der Waals surface area contributed by atoms with Gasteiger partial charge in [-0.15, -0.1) is 0 Å². The van der Waals surface area contributed by atoms with E-state index in [1.807, 2.05) is 19.0 Å². The fourth-order valence-electron chi connectivity index (χ4n) is 2.92. The maximum absolute atomic E-state index is 13.6. The van der Waals surface area contributed by atoms with Gasteiger partial charge in [0.25, 0.3) is 5.91 Å². The summed E-state index contributed by atoms with van der Waals surface area (Å²) in [4.78, 5) is 16.7. The molecule has 1 saturated heterocycles. The van der Waals surface area contributed by atoms with Crippen LogP contribution in [0.15, 0.2) is 24.3 Å². The maximum Gasteiger partial charge on any atom is 0.263 e. The van der Waals surface area contributed by atoms with Crippen LogP contribution in [0.3, 0.4) is 0 Å². The van der Waals surface area contributed by atoms with E-state index in [0.29, 0.717) is 0 Å². The van der Waals surface area contributed by atoms with Crippen molar-refractivity contribution in [2.45, 2.75) is 38.3 Å². The predicted octanol–water partition coefficient (Wildman–Crippen LogP) is 2.54. The molecule has 2 atom stereocenters. The molecule has 1 fully saturated rings. The van der Waals surface area contributed by atoms with Gasteiger partial charge in [0.2, 0.25) is 0 Å². The Morgan fingerprint density at radius 1 is 1.41 bits per heavy atom. The molecule has 1 aliphatic heterocycles. The highest BCUT2D eigenvalue weighted by atomic mass is 19.1. The maximum atomic E-state index is 13.6.